The van der Waals surface area contributed by atoms with Crippen molar-refractivity contribution in [2.24, 2.45) is 5.92 Å². The van der Waals surface area contributed by atoms with Crippen LogP contribution in [-0.4, -0.2) is 48.8 Å². The van der Waals surface area contributed by atoms with Crippen LogP contribution in [0.15, 0.2) is 11.1 Å². The van der Waals surface area contributed by atoms with Crippen molar-refractivity contribution in [3.63, 3.8) is 0 Å². The summed E-state index contributed by atoms with van der Waals surface area (Å²) in [5, 5.41) is 6.65. The van der Waals surface area contributed by atoms with E-state index in [1.54, 1.807) is 0 Å². The molecule has 1 aliphatic carbocycles. The Kier molecular flexibility index (Phi) is 3.32. The Bertz CT molecular complexity index is 619. The van der Waals surface area contributed by atoms with Crippen LogP contribution in [0.1, 0.15) is 37.3 Å². The summed E-state index contributed by atoms with van der Waals surface area (Å²) in [5.41, 5.74) is 0.647. The second-order valence-electron chi connectivity index (χ2n) is 5.89. The van der Waals surface area contributed by atoms with Crippen molar-refractivity contribution in [3.05, 3.63) is 11.9 Å². The van der Waals surface area contributed by atoms with E-state index in [1.165, 1.54) is 25.3 Å². The molecule has 1 aromatic rings. The number of carbonyl (C=O) groups is 1. The fraction of sp³-hybridized carbons (Fsp3) is 0.692. The molecule has 20 heavy (non-hydrogen) atoms. The van der Waals surface area contributed by atoms with Crippen molar-refractivity contribution < 1.29 is 13.2 Å². The van der Waals surface area contributed by atoms with E-state index in [1.807, 2.05) is 4.90 Å². The van der Waals surface area contributed by atoms with E-state index >= 15 is 0 Å². The highest BCUT2D eigenvalue weighted by atomic mass is 32.2. The maximum atomic E-state index is 12.1. The first kappa shape index (κ1) is 13.6. The topological polar surface area (TPSA) is 83.1 Å². The molecule has 110 valence electrons. The van der Waals surface area contributed by atoms with Crippen LogP contribution >= 0.6 is 0 Å². The molecule has 7 heteroatoms. The van der Waals surface area contributed by atoms with Gasteiger partial charge in [0.2, 0.25) is 5.91 Å². The van der Waals surface area contributed by atoms with E-state index in [0.717, 1.165) is 6.42 Å². The summed E-state index contributed by atoms with van der Waals surface area (Å²) in [4.78, 5) is 14.2. The minimum Gasteiger partial charge on any atom is -0.342 e. The third-order valence-electron chi connectivity index (χ3n) is 4.14. The van der Waals surface area contributed by atoms with Gasteiger partial charge in [-0.2, -0.15) is 5.10 Å². The number of carbonyl (C=O) groups excluding carboxylic acids is 1. The van der Waals surface area contributed by atoms with Crippen molar-refractivity contribution in [2.75, 3.05) is 19.3 Å². The third kappa shape index (κ3) is 2.72. The highest BCUT2D eigenvalue weighted by molar-refractivity contribution is 7.90. The summed E-state index contributed by atoms with van der Waals surface area (Å²) in [6.07, 6.45) is 6.32. The largest absolute Gasteiger partial charge is 0.342 e. The molecule has 1 atom stereocenters. The van der Waals surface area contributed by atoms with Crippen molar-refractivity contribution in [1.29, 1.82) is 0 Å². The Morgan fingerprint density at radius 1 is 1.45 bits per heavy atom. The van der Waals surface area contributed by atoms with Gasteiger partial charge >= 0.3 is 0 Å². The lowest BCUT2D eigenvalue weighted by atomic mass is 10.1. The molecule has 0 bridgehead atoms. The first-order valence-corrected chi connectivity index (χ1v) is 8.85. The Hall–Kier alpha value is -1.37. The summed E-state index contributed by atoms with van der Waals surface area (Å²) in [7, 11) is -3.27. The van der Waals surface area contributed by atoms with Crippen LogP contribution in [-0.2, 0) is 14.6 Å². The molecule has 6 nitrogen and oxygen atoms in total. The lowest BCUT2D eigenvalue weighted by Gasteiger charge is -2.16. The molecule has 2 fully saturated rings. The van der Waals surface area contributed by atoms with Crippen LogP contribution in [0.25, 0.3) is 0 Å². The smallest absolute Gasteiger partial charge is 0.222 e. The lowest BCUT2D eigenvalue weighted by Crippen LogP contribution is -2.28. The Morgan fingerprint density at radius 2 is 2.20 bits per heavy atom. The highest BCUT2D eigenvalue weighted by Crippen LogP contribution is 2.35. The van der Waals surface area contributed by atoms with E-state index in [9.17, 15) is 13.2 Å². The van der Waals surface area contributed by atoms with Crippen molar-refractivity contribution >= 4 is 15.7 Å². The van der Waals surface area contributed by atoms with Gasteiger partial charge in [0.25, 0.3) is 0 Å². The fourth-order valence-electron chi connectivity index (χ4n) is 2.79. The molecular formula is C13H19N3O3S. The normalized spacial score (nSPS) is 23.2. The molecule has 1 aliphatic heterocycles. The zero-order valence-corrected chi connectivity index (χ0v) is 12.3. The average Bonchev–Trinajstić information content (AvgIpc) is 2.91. The van der Waals surface area contributed by atoms with E-state index in [-0.39, 0.29) is 16.7 Å². The van der Waals surface area contributed by atoms with E-state index in [2.05, 4.69) is 10.2 Å². The Balaban J connectivity index is 1.71. The average molecular weight is 297 g/mol. The lowest BCUT2D eigenvalue weighted by molar-refractivity contribution is -0.130. The third-order valence-corrected chi connectivity index (χ3v) is 5.27. The van der Waals surface area contributed by atoms with E-state index < -0.39 is 9.84 Å². The number of likely N-dealkylation sites (tertiary alicyclic amines) is 1. The predicted octanol–water partition coefficient (Wildman–Crippen LogP) is 0.929. The predicted molar refractivity (Wildman–Crippen MR) is 73.0 cm³/mol. The maximum absolute atomic E-state index is 12.1. The van der Waals surface area contributed by atoms with Crippen LogP contribution in [0.5, 0.6) is 0 Å². The van der Waals surface area contributed by atoms with E-state index in [4.69, 9.17) is 0 Å². The summed E-state index contributed by atoms with van der Waals surface area (Å²) >= 11 is 0. The number of nitrogens with one attached hydrogen (secondary N) is 1. The highest BCUT2D eigenvalue weighted by Gasteiger charge is 2.34. The number of H-pyrrole nitrogens is 1. The number of amides is 1. The van der Waals surface area contributed by atoms with Gasteiger partial charge in [0, 0.05) is 31.7 Å². The summed E-state index contributed by atoms with van der Waals surface area (Å²) in [6, 6.07) is 0. The first-order chi connectivity index (χ1) is 9.45. The van der Waals surface area contributed by atoms with Crippen LogP contribution in [0.2, 0.25) is 0 Å². The maximum Gasteiger partial charge on any atom is 0.222 e. The van der Waals surface area contributed by atoms with Gasteiger partial charge in [-0.05, 0) is 25.2 Å². The second-order valence-corrected chi connectivity index (χ2v) is 7.88. The standard InChI is InChI=1S/C13H19N3O3S/c1-20(18,19)11-7-14-15-13(11)10-4-5-16(8-10)12(17)6-9-2-3-9/h7,9-10H,2-6,8H2,1H3,(H,14,15)/t10-/m1/s1. The number of nitrogens with zero attached hydrogens (tertiary/aromatic N) is 2. The van der Waals surface area contributed by atoms with Crippen molar-refractivity contribution in [2.45, 2.75) is 36.5 Å². The van der Waals surface area contributed by atoms with Crippen LogP contribution < -0.4 is 0 Å². The zero-order valence-electron chi connectivity index (χ0n) is 11.5. The molecule has 0 unspecified atom stereocenters. The van der Waals surface area contributed by atoms with Crippen LogP contribution in [0.3, 0.4) is 0 Å². The minimum absolute atomic E-state index is 0.0466. The Morgan fingerprint density at radius 3 is 2.85 bits per heavy atom. The Labute approximate surface area is 118 Å². The number of rotatable bonds is 4. The van der Waals surface area contributed by atoms with Gasteiger partial charge in [0.05, 0.1) is 11.9 Å². The number of hydrogen-bond acceptors (Lipinski definition) is 4. The van der Waals surface area contributed by atoms with Gasteiger partial charge < -0.3 is 4.90 Å². The molecule has 1 saturated carbocycles. The van der Waals surface area contributed by atoms with Gasteiger partial charge in [-0.15, -0.1) is 0 Å². The van der Waals surface area contributed by atoms with Gasteiger partial charge in [-0.3, -0.25) is 9.89 Å². The number of sulfone groups is 1. The van der Waals surface area contributed by atoms with Gasteiger partial charge in [0.15, 0.2) is 9.84 Å². The molecule has 0 aromatic carbocycles. The van der Waals surface area contributed by atoms with Crippen molar-refractivity contribution in [1.82, 2.24) is 15.1 Å². The molecule has 2 aliphatic rings. The fourth-order valence-corrected chi connectivity index (χ4v) is 3.65. The molecule has 1 aromatic heterocycles. The molecule has 1 N–H and O–H groups in total. The molecule has 2 heterocycles. The molecule has 1 amide bonds. The molecule has 0 spiro atoms. The van der Waals surface area contributed by atoms with Crippen LogP contribution in [0, 0.1) is 5.92 Å². The molecule has 3 rings (SSSR count). The SMILES string of the molecule is CS(=O)(=O)c1cn[nH]c1[C@@H]1CCN(C(=O)CC2CC2)C1. The van der Waals surface area contributed by atoms with Gasteiger partial charge in [-0.25, -0.2) is 8.42 Å². The van der Waals surface area contributed by atoms with Crippen LogP contribution in [0.4, 0.5) is 0 Å². The number of hydrogen-bond donors (Lipinski definition) is 1. The van der Waals surface area contributed by atoms with E-state index in [0.29, 0.717) is 31.1 Å². The summed E-state index contributed by atoms with van der Waals surface area (Å²) < 4.78 is 23.4. The summed E-state index contributed by atoms with van der Waals surface area (Å²) in [5.74, 6) is 0.834. The number of aromatic nitrogens is 2. The first-order valence-electron chi connectivity index (χ1n) is 6.96. The minimum atomic E-state index is -3.27. The van der Waals surface area contributed by atoms with Crippen molar-refractivity contribution in [3.8, 4) is 0 Å². The molecular weight excluding hydrogens is 278 g/mol. The zero-order chi connectivity index (χ0) is 14.3. The quantitative estimate of drug-likeness (QED) is 0.896. The second kappa shape index (κ2) is 4.87. The monoisotopic (exact) mass is 297 g/mol. The molecule has 0 radical (unpaired) electrons. The molecule has 1 saturated heterocycles. The van der Waals surface area contributed by atoms with Gasteiger partial charge in [0.1, 0.15) is 4.90 Å². The van der Waals surface area contributed by atoms with Gasteiger partial charge in [-0.1, -0.05) is 0 Å². The number of aromatic amines is 1. The summed E-state index contributed by atoms with van der Waals surface area (Å²) in [6.45, 7) is 1.30.